The number of likely N-dealkylation sites (tertiary alicyclic amines) is 1. The molecule has 0 aromatic heterocycles. The predicted molar refractivity (Wildman–Crippen MR) is 85.7 cm³/mol. The summed E-state index contributed by atoms with van der Waals surface area (Å²) in [5, 5.41) is 2.98. The van der Waals surface area contributed by atoms with Gasteiger partial charge in [0.15, 0.2) is 0 Å². The van der Waals surface area contributed by atoms with Gasteiger partial charge in [-0.1, -0.05) is 6.92 Å². The number of benzene rings is 1. The zero-order valence-electron chi connectivity index (χ0n) is 11.9. The van der Waals surface area contributed by atoms with Gasteiger partial charge in [-0.15, -0.1) is 0 Å². The largest absolute Gasteiger partial charge is 0.398 e. The van der Waals surface area contributed by atoms with Crippen molar-refractivity contribution in [3.63, 3.8) is 0 Å². The first-order valence-electron chi connectivity index (χ1n) is 7.12. The molecule has 1 unspecified atom stereocenters. The van der Waals surface area contributed by atoms with Crippen molar-refractivity contribution >= 4 is 27.5 Å². The number of carbonyl (C=O) groups excluding carboxylic acids is 1. The molecule has 1 heterocycles. The zero-order valence-corrected chi connectivity index (χ0v) is 13.4. The molecule has 1 aromatic rings. The number of nitrogens with one attached hydrogen (secondary N) is 1. The summed E-state index contributed by atoms with van der Waals surface area (Å²) in [5.74, 6) is 0.405. The average molecular weight is 340 g/mol. The molecule has 0 spiro atoms. The molecule has 0 aliphatic carbocycles. The second kappa shape index (κ2) is 7.09. The maximum absolute atomic E-state index is 12.1. The van der Waals surface area contributed by atoms with Crippen LogP contribution in [-0.4, -0.2) is 37.0 Å². The topological polar surface area (TPSA) is 58.4 Å². The third-order valence-corrected chi connectivity index (χ3v) is 4.36. The molecule has 20 heavy (non-hydrogen) atoms. The maximum Gasteiger partial charge on any atom is 0.251 e. The summed E-state index contributed by atoms with van der Waals surface area (Å²) >= 11 is 3.33. The number of rotatable bonds is 5. The molecular weight excluding hydrogens is 318 g/mol. The Hall–Kier alpha value is -1.07. The lowest BCUT2D eigenvalue weighted by Crippen LogP contribution is -2.34. The smallest absolute Gasteiger partial charge is 0.251 e. The first-order valence-corrected chi connectivity index (χ1v) is 7.91. The Bertz CT molecular complexity index is 472. The van der Waals surface area contributed by atoms with Crippen LogP contribution in [0.5, 0.6) is 0 Å². The quantitative estimate of drug-likeness (QED) is 0.810. The van der Waals surface area contributed by atoms with Crippen LogP contribution >= 0.6 is 15.9 Å². The van der Waals surface area contributed by atoms with Crippen molar-refractivity contribution in [3.8, 4) is 0 Å². The van der Waals surface area contributed by atoms with Gasteiger partial charge in [-0.2, -0.15) is 0 Å². The number of hydrogen-bond donors (Lipinski definition) is 2. The number of nitrogen functional groups attached to an aromatic ring is 1. The van der Waals surface area contributed by atoms with Crippen molar-refractivity contribution in [2.45, 2.75) is 19.8 Å². The Morgan fingerprint density at radius 3 is 2.80 bits per heavy atom. The van der Waals surface area contributed by atoms with Crippen molar-refractivity contribution in [1.82, 2.24) is 10.2 Å². The van der Waals surface area contributed by atoms with Gasteiger partial charge in [-0.3, -0.25) is 4.79 Å². The summed E-state index contributed by atoms with van der Waals surface area (Å²) in [4.78, 5) is 14.5. The molecule has 1 aromatic carbocycles. The van der Waals surface area contributed by atoms with E-state index >= 15 is 0 Å². The Morgan fingerprint density at radius 1 is 1.45 bits per heavy atom. The molecule has 0 saturated carbocycles. The van der Waals surface area contributed by atoms with Crippen LogP contribution in [-0.2, 0) is 0 Å². The molecule has 2 rings (SSSR count). The Kier molecular flexibility index (Phi) is 5.43. The van der Waals surface area contributed by atoms with E-state index in [0.717, 1.165) is 11.0 Å². The molecular formula is C15H22BrN3O. The first kappa shape index (κ1) is 15.3. The second-order valence-electron chi connectivity index (χ2n) is 5.56. The van der Waals surface area contributed by atoms with E-state index in [0.29, 0.717) is 23.7 Å². The lowest BCUT2D eigenvalue weighted by atomic mass is 10.1. The molecule has 0 bridgehead atoms. The summed E-state index contributed by atoms with van der Waals surface area (Å²) < 4.78 is 0.816. The second-order valence-corrected chi connectivity index (χ2v) is 6.41. The highest BCUT2D eigenvalue weighted by Gasteiger charge is 2.15. The Morgan fingerprint density at radius 2 is 2.15 bits per heavy atom. The molecule has 1 atom stereocenters. The third kappa shape index (κ3) is 4.21. The standard InChI is InChI=1S/C15H22BrN3O/c1-11(10-19-6-2-3-7-19)9-18-15(20)12-4-5-13(16)14(17)8-12/h4-5,8,11H,2-3,6-7,9-10,17H2,1H3,(H,18,20). The summed E-state index contributed by atoms with van der Waals surface area (Å²) in [5.41, 5.74) is 6.99. The van der Waals surface area contributed by atoms with Gasteiger partial charge in [0, 0.05) is 28.8 Å². The van der Waals surface area contributed by atoms with E-state index in [2.05, 4.69) is 33.1 Å². The van der Waals surface area contributed by atoms with Crippen molar-refractivity contribution < 1.29 is 4.79 Å². The molecule has 1 aliphatic heterocycles. The van der Waals surface area contributed by atoms with Crippen LogP contribution in [0.1, 0.15) is 30.1 Å². The van der Waals surface area contributed by atoms with Crippen molar-refractivity contribution in [3.05, 3.63) is 28.2 Å². The summed E-state index contributed by atoms with van der Waals surface area (Å²) in [6.07, 6.45) is 2.61. The molecule has 1 saturated heterocycles. The SMILES string of the molecule is CC(CNC(=O)c1ccc(Br)c(N)c1)CN1CCCC1. The van der Waals surface area contributed by atoms with Crippen LogP contribution in [0.3, 0.4) is 0 Å². The van der Waals surface area contributed by atoms with Crippen LogP contribution in [0, 0.1) is 5.92 Å². The maximum atomic E-state index is 12.1. The minimum atomic E-state index is -0.0579. The fraction of sp³-hybridized carbons (Fsp3) is 0.533. The molecule has 1 amide bonds. The molecule has 5 heteroatoms. The number of nitrogens with two attached hydrogens (primary N) is 1. The highest BCUT2D eigenvalue weighted by atomic mass is 79.9. The van der Waals surface area contributed by atoms with Gasteiger partial charge in [0.05, 0.1) is 0 Å². The number of halogens is 1. The van der Waals surface area contributed by atoms with Crippen LogP contribution in [0.4, 0.5) is 5.69 Å². The average Bonchev–Trinajstić information content (AvgIpc) is 2.92. The predicted octanol–water partition coefficient (Wildman–Crippen LogP) is 2.49. The highest BCUT2D eigenvalue weighted by molar-refractivity contribution is 9.10. The van der Waals surface area contributed by atoms with Gasteiger partial charge < -0.3 is 16.0 Å². The number of hydrogen-bond acceptors (Lipinski definition) is 3. The van der Waals surface area contributed by atoms with Crippen molar-refractivity contribution in [1.29, 1.82) is 0 Å². The summed E-state index contributed by atoms with van der Waals surface area (Å²) in [7, 11) is 0. The molecule has 4 nitrogen and oxygen atoms in total. The minimum Gasteiger partial charge on any atom is -0.398 e. The minimum absolute atomic E-state index is 0.0579. The first-order chi connectivity index (χ1) is 9.56. The lowest BCUT2D eigenvalue weighted by molar-refractivity contribution is 0.0945. The molecule has 110 valence electrons. The third-order valence-electron chi connectivity index (χ3n) is 3.64. The number of anilines is 1. The van der Waals surface area contributed by atoms with Gasteiger partial charge in [0.2, 0.25) is 0 Å². The van der Waals surface area contributed by atoms with Crippen LogP contribution in [0.25, 0.3) is 0 Å². The Balaban J connectivity index is 1.80. The van der Waals surface area contributed by atoms with Crippen molar-refractivity contribution in [2.24, 2.45) is 5.92 Å². The fourth-order valence-electron chi connectivity index (χ4n) is 2.52. The molecule has 1 fully saturated rings. The van der Waals surface area contributed by atoms with Gasteiger partial charge in [-0.25, -0.2) is 0 Å². The monoisotopic (exact) mass is 339 g/mol. The normalized spacial score (nSPS) is 17.1. The number of carbonyl (C=O) groups is 1. The van der Waals surface area contributed by atoms with E-state index in [-0.39, 0.29) is 5.91 Å². The van der Waals surface area contributed by atoms with Crippen LogP contribution in [0.15, 0.2) is 22.7 Å². The van der Waals surface area contributed by atoms with E-state index < -0.39 is 0 Å². The van der Waals surface area contributed by atoms with E-state index in [4.69, 9.17) is 5.73 Å². The van der Waals surface area contributed by atoms with E-state index in [1.807, 2.05) is 0 Å². The van der Waals surface area contributed by atoms with E-state index in [9.17, 15) is 4.79 Å². The van der Waals surface area contributed by atoms with Gasteiger partial charge in [-0.05, 0) is 66.0 Å². The van der Waals surface area contributed by atoms with E-state index in [1.165, 1.54) is 25.9 Å². The van der Waals surface area contributed by atoms with Crippen LogP contribution in [0.2, 0.25) is 0 Å². The van der Waals surface area contributed by atoms with Gasteiger partial charge >= 0.3 is 0 Å². The van der Waals surface area contributed by atoms with E-state index in [1.54, 1.807) is 18.2 Å². The zero-order chi connectivity index (χ0) is 14.5. The van der Waals surface area contributed by atoms with Gasteiger partial charge in [0.25, 0.3) is 5.91 Å². The molecule has 1 aliphatic rings. The fourth-order valence-corrected chi connectivity index (χ4v) is 2.77. The summed E-state index contributed by atoms with van der Waals surface area (Å²) in [6.45, 7) is 6.33. The molecule has 0 radical (unpaired) electrons. The lowest BCUT2D eigenvalue weighted by Gasteiger charge is -2.20. The number of nitrogens with zero attached hydrogens (tertiary/aromatic N) is 1. The molecule has 3 N–H and O–H groups in total. The van der Waals surface area contributed by atoms with Gasteiger partial charge in [0.1, 0.15) is 0 Å². The Labute approximate surface area is 128 Å². The van der Waals surface area contributed by atoms with Crippen molar-refractivity contribution in [2.75, 3.05) is 31.9 Å². The van der Waals surface area contributed by atoms with Crippen LogP contribution < -0.4 is 11.1 Å². The summed E-state index contributed by atoms with van der Waals surface area (Å²) in [6, 6.07) is 5.28. The number of amides is 1. The highest BCUT2D eigenvalue weighted by Crippen LogP contribution is 2.20.